The standard InChI is InChI=1S/C20H32O3/c1-4-18(2,3)17(21)23-20-10-12-5-13-15(20)7-11-8-16(20)14(6-12)19(13,22)9-11/h11-17,21-22H,4-10H2,1-3H3. The highest BCUT2D eigenvalue weighted by Crippen LogP contribution is 2.75. The summed E-state index contributed by atoms with van der Waals surface area (Å²) in [4.78, 5) is 0. The average molecular weight is 320 g/mol. The van der Waals surface area contributed by atoms with Crippen LogP contribution in [0.1, 0.15) is 65.7 Å². The van der Waals surface area contributed by atoms with Crippen molar-refractivity contribution in [3.63, 3.8) is 0 Å². The summed E-state index contributed by atoms with van der Waals surface area (Å²) in [6.45, 7) is 6.35. The molecular formula is C20H32O3. The summed E-state index contributed by atoms with van der Waals surface area (Å²) in [6, 6.07) is 0. The molecule has 7 rings (SSSR count). The Hall–Kier alpha value is -0.120. The van der Waals surface area contributed by atoms with Gasteiger partial charge in [0, 0.05) is 5.41 Å². The molecule has 0 heterocycles. The molecule has 0 amide bonds. The maximum absolute atomic E-state index is 11.5. The predicted molar refractivity (Wildman–Crippen MR) is 87.5 cm³/mol. The molecular weight excluding hydrogens is 288 g/mol. The SMILES string of the molecule is CCC(C)(C)C(O)OC12CC3CC4C1CC1CC2C(C3)C4(O)C1. The Kier molecular flexibility index (Phi) is 2.86. The van der Waals surface area contributed by atoms with Crippen molar-refractivity contribution < 1.29 is 14.9 Å². The summed E-state index contributed by atoms with van der Waals surface area (Å²) in [7, 11) is 0. The molecule has 7 fully saturated rings. The van der Waals surface area contributed by atoms with Crippen molar-refractivity contribution >= 4 is 0 Å². The molecule has 0 spiro atoms. The van der Waals surface area contributed by atoms with Gasteiger partial charge in [-0.1, -0.05) is 20.8 Å². The number of aliphatic hydroxyl groups is 2. The number of hydrogen-bond donors (Lipinski definition) is 2. The van der Waals surface area contributed by atoms with Gasteiger partial charge in [0.05, 0.1) is 11.2 Å². The zero-order valence-electron chi connectivity index (χ0n) is 14.8. The average Bonchev–Trinajstić information content (AvgIpc) is 2.51. The van der Waals surface area contributed by atoms with Crippen LogP contribution < -0.4 is 0 Å². The Morgan fingerprint density at radius 2 is 1.52 bits per heavy atom. The van der Waals surface area contributed by atoms with E-state index in [-0.39, 0.29) is 11.0 Å². The van der Waals surface area contributed by atoms with Crippen molar-refractivity contribution in [2.45, 2.75) is 83.2 Å². The Labute approximate surface area is 139 Å². The van der Waals surface area contributed by atoms with Crippen molar-refractivity contribution in [1.82, 2.24) is 0 Å². The Morgan fingerprint density at radius 1 is 1.00 bits per heavy atom. The lowest BCUT2D eigenvalue weighted by atomic mass is 9.32. The molecule has 3 nitrogen and oxygen atoms in total. The molecule has 7 saturated carbocycles. The van der Waals surface area contributed by atoms with Gasteiger partial charge >= 0.3 is 0 Å². The molecule has 5 unspecified atom stereocenters. The van der Waals surface area contributed by atoms with E-state index in [9.17, 15) is 10.2 Å². The molecule has 8 bridgehead atoms. The second kappa shape index (κ2) is 4.34. The summed E-state index contributed by atoms with van der Waals surface area (Å²) >= 11 is 0. The van der Waals surface area contributed by atoms with Gasteiger partial charge in [-0.15, -0.1) is 0 Å². The van der Waals surface area contributed by atoms with Gasteiger partial charge in [0.2, 0.25) is 0 Å². The predicted octanol–water partition coefficient (Wildman–Crippen LogP) is 3.33. The van der Waals surface area contributed by atoms with Crippen LogP contribution >= 0.6 is 0 Å². The van der Waals surface area contributed by atoms with Crippen LogP contribution in [-0.4, -0.2) is 27.7 Å². The van der Waals surface area contributed by atoms with E-state index in [1.54, 1.807) is 0 Å². The zero-order chi connectivity index (χ0) is 16.2. The molecule has 0 aromatic carbocycles. The molecule has 7 aliphatic carbocycles. The molecule has 3 heteroatoms. The van der Waals surface area contributed by atoms with Crippen molar-refractivity contribution in [3.8, 4) is 0 Å². The molecule has 0 aromatic heterocycles. The van der Waals surface area contributed by atoms with Crippen LogP contribution in [-0.2, 0) is 4.74 Å². The fourth-order valence-corrected chi connectivity index (χ4v) is 7.64. The Morgan fingerprint density at radius 3 is 2.09 bits per heavy atom. The third kappa shape index (κ3) is 1.67. The number of rotatable bonds is 4. The highest BCUT2D eigenvalue weighted by atomic mass is 16.6. The molecule has 23 heavy (non-hydrogen) atoms. The third-order valence-electron chi connectivity index (χ3n) is 8.99. The first kappa shape index (κ1) is 15.2. The Bertz CT molecular complexity index is 503. The number of ether oxygens (including phenoxy) is 1. The van der Waals surface area contributed by atoms with Crippen LogP contribution in [0.5, 0.6) is 0 Å². The van der Waals surface area contributed by atoms with E-state index >= 15 is 0 Å². The van der Waals surface area contributed by atoms with E-state index in [1.165, 1.54) is 25.7 Å². The lowest BCUT2D eigenvalue weighted by Crippen LogP contribution is -2.78. The third-order valence-corrected chi connectivity index (χ3v) is 8.99. The normalized spacial score (nSPS) is 57.3. The number of aliphatic hydroxyl groups excluding tert-OH is 1. The molecule has 5 atom stereocenters. The minimum Gasteiger partial charge on any atom is -0.389 e. The number of hydrogen-bond acceptors (Lipinski definition) is 3. The van der Waals surface area contributed by atoms with Gasteiger partial charge in [-0.05, 0) is 80.5 Å². The first-order valence-electron chi connectivity index (χ1n) is 9.88. The maximum atomic E-state index is 11.5. The van der Waals surface area contributed by atoms with Crippen LogP contribution in [0.25, 0.3) is 0 Å². The smallest absolute Gasteiger partial charge is 0.160 e. The second-order valence-corrected chi connectivity index (χ2v) is 10.3. The topological polar surface area (TPSA) is 49.7 Å². The van der Waals surface area contributed by atoms with Crippen molar-refractivity contribution in [1.29, 1.82) is 0 Å². The molecule has 0 saturated heterocycles. The van der Waals surface area contributed by atoms with Gasteiger partial charge < -0.3 is 14.9 Å². The van der Waals surface area contributed by atoms with Gasteiger partial charge in [0.15, 0.2) is 6.29 Å². The molecule has 130 valence electrons. The molecule has 0 aliphatic heterocycles. The van der Waals surface area contributed by atoms with Gasteiger partial charge in [-0.2, -0.15) is 0 Å². The molecule has 7 aliphatic rings. The van der Waals surface area contributed by atoms with E-state index in [1.807, 2.05) is 0 Å². The first-order valence-corrected chi connectivity index (χ1v) is 9.88. The van der Waals surface area contributed by atoms with E-state index in [0.717, 1.165) is 19.3 Å². The van der Waals surface area contributed by atoms with Crippen LogP contribution in [0.4, 0.5) is 0 Å². The van der Waals surface area contributed by atoms with Gasteiger partial charge in [-0.25, -0.2) is 0 Å². The summed E-state index contributed by atoms with van der Waals surface area (Å²) in [6.07, 6.45) is 7.27. The summed E-state index contributed by atoms with van der Waals surface area (Å²) in [5.41, 5.74) is -0.728. The minimum absolute atomic E-state index is 0.133. The van der Waals surface area contributed by atoms with E-state index < -0.39 is 11.9 Å². The first-order chi connectivity index (χ1) is 10.8. The van der Waals surface area contributed by atoms with Crippen molar-refractivity contribution in [3.05, 3.63) is 0 Å². The van der Waals surface area contributed by atoms with Gasteiger partial charge in [0.1, 0.15) is 0 Å². The quantitative estimate of drug-likeness (QED) is 0.781. The fraction of sp³-hybridized carbons (Fsp3) is 1.00. The van der Waals surface area contributed by atoms with E-state index in [0.29, 0.717) is 35.5 Å². The van der Waals surface area contributed by atoms with Gasteiger partial charge in [0.25, 0.3) is 0 Å². The van der Waals surface area contributed by atoms with Crippen LogP contribution in [0, 0.1) is 40.9 Å². The van der Waals surface area contributed by atoms with Crippen molar-refractivity contribution in [2.24, 2.45) is 40.9 Å². The highest BCUT2D eigenvalue weighted by molar-refractivity contribution is 5.25. The van der Waals surface area contributed by atoms with Crippen LogP contribution in [0.15, 0.2) is 0 Å². The lowest BCUT2D eigenvalue weighted by Gasteiger charge is -2.76. The highest BCUT2D eigenvalue weighted by Gasteiger charge is 2.76. The van der Waals surface area contributed by atoms with E-state index in [4.69, 9.17) is 4.74 Å². The molecule has 2 N–H and O–H groups in total. The fourth-order valence-electron chi connectivity index (χ4n) is 7.64. The molecule has 0 radical (unpaired) electrons. The summed E-state index contributed by atoms with van der Waals surface area (Å²) in [5, 5.41) is 22.3. The monoisotopic (exact) mass is 320 g/mol. The zero-order valence-corrected chi connectivity index (χ0v) is 14.8. The minimum atomic E-state index is -0.683. The molecule has 0 aromatic rings. The van der Waals surface area contributed by atoms with Crippen LogP contribution in [0.2, 0.25) is 0 Å². The van der Waals surface area contributed by atoms with Crippen LogP contribution in [0.3, 0.4) is 0 Å². The largest absolute Gasteiger partial charge is 0.389 e. The van der Waals surface area contributed by atoms with Crippen molar-refractivity contribution in [2.75, 3.05) is 0 Å². The second-order valence-electron chi connectivity index (χ2n) is 10.3. The van der Waals surface area contributed by atoms with E-state index in [2.05, 4.69) is 20.8 Å². The Balaban J connectivity index is 1.54. The van der Waals surface area contributed by atoms with Gasteiger partial charge in [-0.3, -0.25) is 0 Å². The maximum Gasteiger partial charge on any atom is 0.160 e. The summed E-state index contributed by atoms with van der Waals surface area (Å²) in [5.74, 6) is 3.25. The summed E-state index contributed by atoms with van der Waals surface area (Å²) < 4.78 is 6.63. The lowest BCUT2D eigenvalue weighted by molar-refractivity contribution is -0.383.